The summed E-state index contributed by atoms with van der Waals surface area (Å²) in [6.45, 7) is 3.98. The highest BCUT2D eigenvalue weighted by Crippen LogP contribution is 2.22. The summed E-state index contributed by atoms with van der Waals surface area (Å²) in [6, 6.07) is 10.8. The number of nitrogens with zero attached hydrogens (tertiary/aromatic N) is 1. The Morgan fingerprint density at radius 2 is 2.10 bits per heavy atom. The molecule has 0 aromatic heterocycles. The molecule has 0 saturated carbocycles. The second-order valence-corrected chi connectivity index (χ2v) is 5.42. The Morgan fingerprint density at radius 3 is 2.80 bits per heavy atom. The van der Waals surface area contributed by atoms with E-state index < -0.39 is 0 Å². The highest BCUT2D eigenvalue weighted by Gasteiger charge is 2.28. The van der Waals surface area contributed by atoms with E-state index in [-0.39, 0.29) is 18.1 Å². The van der Waals surface area contributed by atoms with E-state index in [1.165, 1.54) is 5.56 Å². The minimum absolute atomic E-state index is 0.106. The first kappa shape index (κ1) is 15.0. The Kier molecular flexibility index (Phi) is 5.56. The molecule has 4 nitrogen and oxygen atoms in total. The van der Waals surface area contributed by atoms with E-state index in [1.807, 2.05) is 25.1 Å². The number of likely N-dealkylation sites (tertiary alicyclic amines) is 1. The van der Waals surface area contributed by atoms with Gasteiger partial charge in [-0.15, -0.1) is 0 Å². The molecule has 1 saturated heterocycles. The van der Waals surface area contributed by atoms with Gasteiger partial charge < -0.3 is 10.5 Å². The van der Waals surface area contributed by atoms with Crippen molar-refractivity contribution in [1.82, 2.24) is 4.90 Å². The number of benzene rings is 1. The molecule has 1 aromatic rings. The number of carbonyl (C=O) groups excluding carboxylic acids is 1. The maximum Gasteiger partial charge on any atom is 0.307 e. The lowest BCUT2D eigenvalue weighted by Crippen LogP contribution is -2.48. The van der Waals surface area contributed by atoms with Crippen molar-refractivity contribution in [2.45, 2.75) is 44.8 Å². The molecule has 20 heavy (non-hydrogen) atoms. The quantitative estimate of drug-likeness (QED) is 0.835. The summed E-state index contributed by atoms with van der Waals surface area (Å²) >= 11 is 0. The minimum Gasteiger partial charge on any atom is -0.466 e. The summed E-state index contributed by atoms with van der Waals surface area (Å²) < 4.78 is 5.07. The molecule has 4 heteroatoms. The lowest BCUT2D eigenvalue weighted by Gasteiger charge is -2.38. The molecule has 0 radical (unpaired) electrons. The zero-order valence-electron chi connectivity index (χ0n) is 12.1. The predicted molar refractivity (Wildman–Crippen MR) is 79.1 cm³/mol. The molecule has 1 aliphatic rings. The summed E-state index contributed by atoms with van der Waals surface area (Å²) in [4.78, 5) is 14.0. The van der Waals surface area contributed by atoms with Crippen molar-refractivity contribution in [2.75, 3.05) is 13.2 Å². The molecule has 1 fully saturated rings. The van der Waals surface area contributed by atoms with E-state index in [4.69, 9.17) is 10.5 Å². The number of rotatable bonds is 5. The summed E-state index contributed by atoms with van der Waals surface area (Å²) in [6.07, 6.45) is 2.41. The summed E-state index contributed by atoms with van der Waals surface area (Å²) in [5.41, 5.74) is 7.33. The van der Waals surface area contributed by atoms with Crippen molar-refractivity contribution in [1.29, 1.82) is 0 Å². The molecular weight excluding hydrogens is 252 g/mol. The SMILES string of the molecule is CCOC(=O)CC1CCC(N)CN1Cc1ccccc1. The Morgan fingerprint density at radius 1 is 1.35 bits per heavy atom. The molecular formula is C16H24N2O2. The minimum atomic E-state index is -0.106. The van der Waals surface area contributed by atoms with E-state index in [0.29, 0.717) is 13.0 Å². The van der Waals surface area contributed by atoms with Gasteiger partial charge in [-0.05, 0) is 25.3 Å². The lowest BCUT2D eigenvalue weighted by molar-refractivity contribution is -0.145. The van der Waals surface area contributed by atoms with Gasteiger partial charge in [0, 0.05) is 25.2 Å². The number of carbonyl (C=O) groups is 1. The van der Waals surface area contributed by atoms with Gasteiger partial charge >= 0.3 is 5.97 Å². The number of ether oxygens (including phenoxy) is 1. The van der Waals surface area contributed by atoms with Gasteiger partial charge in [0.15, 0.2) is 0 Å². The molecule has 0 aliphatic carbocycles. The van der Waals surface area contributed by atoms with Crippen molar-refractivity contribution >= 4 is 5.97 Å². The summed E-state index contributed by atoms with van der Waals surface area (Å²) in [5, 5.41) is 0. The maximum absolute atomic E-state index is 11.7. The normalized spacial score (nSPS) is 23.5. The summed E-state index contributed by atoms with van der Waals surface area (Å²) in [5.74, 6) is -0.106. The van der Waals surface area contributed by atoms with Crippen LogP contribution in [0.4, 0.5) is 0 Å². The van der Waals surface area contributed by atoms with Crippen LogP contribution in [0.15, 0.2) is 30.3 Å². The van der Waals surface area contributed by atoms with Crippen LogP contribution in [0.1, 0.15) is 31.7 Å². The monoisotopic (exact) mass is 276 g/mol. The van der Waals surface area contributed by atoms with Gasteiger partial charge in [-0.2, -0.15) is 0 Å². The molecule has 2 atom stereocenters. The molecule has 2 unspecified atom stereocenters. The number of nitrogens with two attached hydrogens (primary N) is 1. The van der Waals surface area contributed by atoms with Crippen LogP contribution < -0.4 is 5.73 Å². The molecule has 2 rings (SSSR count). The van der Waals surface area contributed by atoms with Crippen molar-refractivity contribution in [3.8, 4) is 0 Å². The number of hydrogen-bond donors (Lipinski definition) is 1. The van der Waals surface area contributed by atoms with Crippen LogP contribution in [0.25, 0.3) is 0 Å². The topological polar surface area (TPSA) is 55.6 Å². The Bertz CT molecular complexity index is 422. The highest BCUT2D eigenvalue weighted by atomic mass is 16.5. The van der Waals surface area contributed by atoms with Gasteiger partial charge in [0.05, 0.1) is 13.0 Å². The largest absolute Gasteiger partial charge is 0.466 e. The molecule has 0 bridgehead atoms. The molecule has 0 amide bonds. The van der Waals surface area contributed by atoms with Crippen LogP contribution in [0.5, 0.6) is 0 Å². The average molecular weight is 276 g/mol. The second kappa shape index (κ2) is 7.41. The van der Waals surface area contributed by atoms with E-state index in [1.54, 1.807) is 0 Å². The first-order valence-electron chi connectivity index (χ1n) is 7.38. The van der Waals surface area contributed by atoms with Crippen LogP contribution in [-0.2, 0) is 16.1 Å². The molecule has 1 aromatic carbocycles. The van der Waals surface area contributed by atoms with Gasteiger partial charge in [0.25, 0.3) is 0 Å². The van der Waals surface area contributed by atoms with Gasteiger partial charge in [0.1, 0.15) is 0 Å². The molecule has 0 spiro atoms. The number of hydrogen-bond acceptors (Lipinski definition) is 4. The highest BCUT2D eigenvalue weighted by molar-refractivity contribution is 5.70. The summed E-state index contributed by atoms with van der Waals surface area (Å²) in [7, 11) is 0. The first-order chi connectivity index (χ1) is 9.69. The van der Waals surface area contributed by atoms with E-state index in [0.717, 1.165) is 25.9 Å². The lowest BCUT2D eigenvalue weighted by atomic mass is 9.95. The third kappa shape index (κ3) is 4.32. The Labute approximate surface area is 120 Å². The number of esters is 1. The van der Waals surface area contributed by atoms with Crippen molar-refractivity contribution in [2.24, 2.45) is 5.73 Å². The van der Waals surface area contributed by atoms with Gasteiger partial charge in [-0.3, -0.25) is 9.69 Å². The van der Waals surface area contributed by atoms with Crippen LogP contribution in [0.2, 0.25) is 0 Å². The molecule has 110 valence electrons. The molecule has 2 N–H and O–H groups in total. The van der Waals surface area contributed by atoms with Crippen molar-refractivity contribution in [3.63, 3.8) is 0 Å². The zero-order valence-corrected chi connectivity index (χ0v) is 12.1. The van der Waals surface area contributed by atoms with Gasteiger partial charge in [-0.1, -0.05) is 30.3 Å². The van der Waals surface area contributed by atoms with Crippen LogP contribution >= 0.6 is 0 Å². The zero-order chi connectivity index (χ0) is 14.4. The fourth-order valence-electron chi connectivity index (χ4n) is 2.79. The van der Waals surface area contributed by atoms with Crippen molar-refractivity contribution < 1.29 is 9.53 Å². The smallest absolute Gasteiger partial charge is 0.307 e. The van der Waals surface area contributed by atoms with Crippen LogP contribution in [0.3, 0.4) is 0 Å². The van der Waals surface area contributed by atoms with E-state index >= 15 is 0 Å². The predicted octanol–water partition coefficient (Wildman–Crippen LogP) is 1.93. The van der Waals surface area contributed by atoms with Gasteiger partial charge in [-0.25, -0.2) is 0 Å². The van der Waals surface area contributed by atoms with Crippen LogP contribution in [-0.4, -0.2) is 36.1 Å². The average Bonchev–Trinajstić information content (AvgIpc) is 2.43. The molecule has 1 aliphatic heterocycles. The standard InChI is InChI=1S/C16H24N2O2/c1-2-20-16(19)10-15-9-8-14(17)12-18(15)11-13-6-4-3-5-7-13/h3-7,14-15H,2,8-12,17H2,1H3. The molecule has 1 heterocycles. The third-order valence-electron chi connectivity index (χ3n) is 3.79. The maximum atomic E-state index is 11.7. The van der Waals surface area contributed by atoms with Crippen molar-refractivity contribution in [3.05, 3.63) is 35.9 Å². The fourth-order valence-corrected chi connectivity index (χ4v) is 2.79. The first-order valence-corrected chi connectivity index (χ1v) is 7.38. The third-order valence-corrected chi connectivity index (χ3v) is 3.79. The fraction of sp³-hybridized carbons (Fsp3) is 0.562. The Hall–Kier alpha value is -1.39. The Balaban J connectivity index is 1.99. The number of piperidine rings is 1. The van der Waals surface area contributed by atoms with Crippen LogP contribution in [0, 0.1) is 0 Å². The van der Waals surface area contributed by atoms with E-state index in [2.05, 4.69) is 17.0 Å². The van der Waals surface area contributed by atoms with Gasteiger partial charge in [0.2, 0.25) is 0 Å². The van der Waals surface area contributed by atoms with E-state index in [9.17, 15) is 4.79 Å². The second-order valence-electron chi connectivity index (χ2n) is 5.42.